The van der Waals surface area contributed by atoms with Gasteiger partial charge in [-0.15, -0.1) is 0 Å². The molecule has 0 bridgehead atoms. The number of nitrogens with zero attached hydrogens (tertiary/aromatic N) is 1. The van der Waals surface area contributed by atoms with Crippen LogP contribution in [0.25, 0.3) is 0 Å². The van der Waals surface area contributed by atoms with Crippen LogP contribution in [0.1, 0.15) is 0 Å². The standard InChI is InChI=1S/C4H5N.V/c1-3-4-5-2;/h2-4H,1H2;. The Labute approximate surface area is 46.3 Å². The fourth-order valence-electron chi connectivity index (χ4n) is 0.0993. The molecule has 0 atom stereocenters. The molecule has 0 unspecified atom stereocenters. The average Bonchev–Trinajstić information content (AvgIpc) is 1.61. The predicted octanol–water partition coefficient (Wildman–Crippen LogP) is 0.550. The fourth-order valence-corrected chi connectivity index (χ4v) is 0.220. The van der Waals surface area contributed by atoms with Crippen LogP contribution in [0.5, 0.6) is 0 Å². The van der Waals surface area contributed by atoms with Crippen molar-refractivity contribution in [2.45, 2.75) is 0 Å². The van der Waals surface area contributed by atoms with Crippen molar-refractivity contribution in [3.05, 3.63) is 12.7 Å². The molecule has 0 aromatic heterocycles. The van der Waals surface area contributed by atoms with Gasteiger partial charge in [-0.3, -0.25) is 0 Å². The van der Waals surface area contributed by atoms with Crippen LogP contribution in [0.4, 0.5) is 0 Å². The van der Waals surface area contributed by atoms with Gasteiger partial charge in [0.1, 0.15) is 0 Å². The molecule has 0 rings (SSSR count). The SMILES string of the molecule is C=CC=N[CH]=[V]. The molecule has 0 aromatic carbocycles. The van der Waals surface area contributed by atoms with Gasteiger partial charge in [0.2, 0.25) is 0 Å². The van der Waals surface area contributed by atoms with Gasteiger partial charge >= 0.3 is 45.7 Å². The second kappa shape index (κ2) is 4.86. The summed E-state index contributed by atoms with van der Waals surface area (Å²) in [5, 5.41) is 0. The molecule has 31 valence electrons. The Balaban J connectivity index is 3.17. The first kappa shape index (κ1) is 5.86. The van der Waals surface area contributed by atoms with Crippen molar-refractivity contribution in [1.29, 1.82) is 0 Å². The van der Waals surface area contributed by atoms with Gasteiger partial charge in [0.25, 0.3) is 0 Å². The van der Waals surface area contributed by atoms with Crippen molar-refractivity contribution in [2.24, 2.45) is 4.99 Å². The summed E-state index contributed by atoms with van der Waals surface area (Å²) in [6.45, 7) is 3.42. The monoisotopic (exact) mass is 118 g/mol. The van der Waals surface area contributed by atoms with E-state index in [2.05, 4.69) is 28.6 Å². The molecular weight excluding hydrogens is 113 g/mol. The minimum absolute atomic E-state index is 1.62. The Morgan fingerprint density at radius 1 is 1.67 bits per heavy atom. The van der Waals surface area contributed by atoms with Crippen molar-refractivity contribution < 1.29 is 17.0 Å². The van der Waals surface area contributed by atoms with E-state index in [4.69, 9.17) is 0 Å². The number of allylic oxidation sites excluding steroid dienone is 1. The molecule has 0 saturated heterocycles. The van der Waals surface area contributed by atoms with Crippen molar-refractivity contribution in [3.63, 3.8) is 0 Å². The van der Waals surface area contributed by atoms with Crippen LogP contribution in [-0.2, 0) is 17.0 Å². The van der Waals surface area contributed by atoms with Crippen LogP contribution in [-0.4, -0.2) is 11.1 Å². The Morgan fingerprint density at radius 2 is 2.33 bits per heavy atom. The van der Waals surface area contributed by atoms with Gasteiger partial charge in [-0.1, -0.05) is 0 Å². The third-order valence-electron chi connectivity index (χ3n) is 0.258. The summed E-state index contributed by atoms with van der Waals surface area (Å²) in [6, 6.07) is 0. The van der Waals surface area contributed by atoms with Gasteiger partial charge in [0.05, 0.1) is 0 Å². The number of hydrogen-bond donors (Lipinski definition) is 0. The summed E-state index contributed by atoms with van der Waals surface area (Å²) in [6.07, 6.45) is 3.25. The molecule has 0 saturated carbocycles. The van der Waals surface area contributed by atoms with Gasteiger partial charge < -0.3 is 0 Å². The zero-order valence-electron chi connectivity index (χ0n) is 3.33. The molecule has 0 spiro atoms. The van der Waals surface area contributed by atoms with Gasteiger partial charge in [-0.05, 0) is 0 Å². The van der Waals surface area contributed by atoms with Gasteiger partial charge in [0, 0.05) is 0 Å². The molecule has 0 aliphatic carbocycles. The van der Waals surface area contributed by atoms with E-state index in [0.29, 0.717) is 0 Å². The summed E-state index contributed by atoms with van der Waals surface area (Å²) >= 11 is 2.23. The van der Waals surface area contributed by atoms with Gasteiger partial charge in [-0.2, -0.15) is 0 Å². The average molecular weight is 118 g/mol. The van der Waals surface area contributed by atoms with E-state index in [-0.39, 0.29) is 0 Å². The Hall–Kier alpha value is -0.136. The number of hydrogen-bond acceptors (Lipinski definition) is 1. The van der Waals surface area contributed by atoms with E-state index in [1.54, 1.807) is 17.1 Å². The third-order valence-corrected chi connectivity index (χ3v) is 0.466. The quantitative estimate of drug-likeness (QED) is 0.469. The third kappa shape index (κ3) is 3.86. The summed E-state index contributed by atoms with van der Waals surface area (Å²) < 4.78 is 0. The molecule has 2 heteroatoms. The molecule has 0 amide bonds. The van der Waals surface area contributed by atoms with Crippen molar-refractivity contribution in [3.8, 4) is 0 Å². The van der Waals surface area contributed by atoms with E-state index in [1.807, 2.05) is 0 Å². The molecule has 0 N–H and O–H groups in total. The summed E-state index contributed by atoms with van der Waals surface area (Å²) in [7, 11) is 0. The second-order valence-corrected chi connectivity index (χ2v) is 1.01. The molecule has 6 heavy (non-hydrogen) atoms. The van der Waals surface area contributed by atoms with Crippen LogP contribution in [0, 0.1) is 0 Å². The zero-order chi connectivity index (χ0) is 4.83. The fraction of sp³-hybridized carbons (Fsp3) is 0. The first-order valence-corrected chi connectivity index (χ1v) is 2.32. The Bertz CT molecular complexity index is 65.6. The van der Waals surface area contributed by atoms with Crippen LogP contribution in [0.3, 0.4) is 0 Å². The van der Waals surface area contributed by atoms with Gasteiger partial charge in [-0.25, -0.2) is 0 Å². The maximum absolute atomic E-state index is 3.69. The summed E-state index contributed by atoms with van der Waals surface area (Å²) in [5.41, 5.74) is 0. The van der Waals surface area contributed by atoms with Crippen molar-refractivity contribution in [2.75, 3.05) is 0 Å². The van der Waals surface area contributed by atoms with E-state index in [9.17, 15) is 0 Å². The molecule has 1 nitrogen and oxygen atoms in total. The minimum atomic E-state index is 1.62. The molecular formula is C4H5NV. The topological polar surface area (TPSA) is 12.4 Å². The maximum atomic E-state index is 3.69. The van der Waals surface area contributed by atoms with E-state index in [1.165, 1.54) is 0 Å². The van der Waals surface area contributed by atoms with E-state index >= 15 is 0 Å². The van der Waals surface area contributed by atoms with Crippen molar-refractivity contribution in [1.82, 2.24) is 0 Å². The first-order chi connectivity index (χ1) is 2.91. The first-order valence-electron chi connectivity index (χ1n) is 1.52. The molecule has 0 heterocycles. The molecule has 0 aliphatic heterocycles. The summed E-state index contributed by atoms with van der Waals surface area (Å²) in [4.78, 5) is 5.34. The Morgan fingerprint density at radius 3 is 2.50 bits per heavy atom. The molecule has 0 aliphatic rings. The molecule has 0 aromatic rings. The van der Waals surface area contributed by atoms with Crippen molar-refractivity contribution >= 4 is 11.1 Å². The number of rotatable bonds is 2. The van der Waals surface area contributed by atoms with E-state index in [0.717, 1.165) is 0 Å². The van der Waals surface area contributed by atoms with Crippen LogP contribution < -0.4 is 0 Å². The number of aliphatic imine (C=N–C) groups is 1. The van der Waals surface area contributed by atoms with Gasteiger partial charge in [0.15, 0.2) is 0 Å². The second-order valence-electron chi connectivity index (χ2n) is 0.649. The Kier molecular flexibility index (Phi) is 4.75. The van der Waals surface area contributed by atoms with Crippen LogP contribution in [0.15, 0.2) is 17.6 Å². The normalized spacial score (nSPS) is 8.50. The summed E-state index contributed by atoms with van der Waals surface area (Å²) in [5.74, 6) is 0. The predicted molar refractivity (Wildman–Crippen MR) is 24.8 cm³/mol. The molecule has 0 radical (unpaired) electrons. The van der Waals surface area contributed by atoms with E-state index < -0.39 is 0 Å². The zero-order valence-corrected chi connectivity index (χ0v) is 4.73. The molecule has 0 fully saturated rings. The van der Waals surface area contributed by atoms with Crippen LogP contribution in [0.2, 0.25) is 0 Å². The van der Waals surface area contributed by atoms with Crippen LogP contribution >= 0.6 is 0 Å².